The molecule has 33 heavy (non-hydrogen) atoms. The number of hydrogen-bond acceptors (Lipinski definition) is 6. The van der Waals surface area contributed by atoms with E-state index >= 15 is 0 Å². The lowest BCUT2D eigenvalue weighted by Crippen LogP contribution is -2.30. The van der Waals surface area contributed by atoms with Crippen LogP contribution in [0.5, 0.6) is 17.2 Å². The zero-order valence-corrected chi connectivity index (χ0v) is 19.6. The van der Waals surface area contributed by atoms with Gasteiger partial charge in [-0.1, -0.05) is 19.9 Å². The molecule has 9 heteroatoms. The van der Waals surface area contributed by atoms with Gasteiger partial charge in [0.1, 0.15) is 17.2 Å². The summed E-state index contributed by atoms with van der Waals surface area (Å²) in [6, 6.07) is 16.4. The largest absolute Gasteiger partial charge is 0.494 e. The van der Waals surface area contributed by atoms with Crippen LogP contribution in [0.2, 0.25) is 0 Å². The molecule has 8 nitrogen and oxygen atoms in total. The highest BCUT2D eigenvalue weighted by Crippen LogP contribution is 2.33. The minimum Gasteiger partial charge on any atom is -0.494 e. The van der Waals surface area contributed by atoms with Gasteiger partial charge in [0.15, 0.2) is 5.75 Å². The Morgan fingerprint density at radius 1 is 0.970 bits per heavy atom. The Labute approximate surface area is 194 Å². The molecular weight excluding hydrogens is 442 g/mol. The molecule has 0 saturated carbocycles. The minimum atomic E-state index is -3.73. The molecule has 0 aliphatic rings. The number of nitrogens with one attached hydrogen (secondary N) is 1. The Hall–Kier alpha value is -3.43. The summed E-state index contributed by atoms with van der Waals surface area (Å²) in [5.41, 5.74) is 0.411. The van der Waals surface area contributed by atoms with Crippen LogP contribution < -0.4 is 14.8 Å². The Bertz CT molecular complexity index is 1180. The molecule has 2 aromatic carbocycles. The van der Waals surface area contributed by atoms with E-state index in [4.69, 9.17) is 9.47 Å². The van der Waals surface area contributed by atoms with Gasteiger partial charge < -0.3 is 14.8 Å². The van der Waals surface area contributed by atoms with Crippen LogP contribution in [-0.4, -0.2) is 43.3 Å². The number of carbonyl (C=O) groups is 1. The molecule has 0 spiro atoms. The number of anilines is 1. The van der Waals surface area contributed by atoms with Crippen molar-refractivity contribution in [3.8, 4) is 17.2 Å². The van der Waals surface area contributed by atoms with Gasteiger partial charge in [0.25, 0.3) is 5.91 Å². The normalized spacial score (nSPS) is 11.3. The van der Waals surface area contributed by atoms with Crippen LogP contribution in [0, 0.1) is 0 Å². The summed E-state index contributed by atoms with van der Waals surface area (Å²) in [7, 11) is -3.73. The molecular formula is C24H27N3O5S. The fourth-order valence-electron chi connectivity index (χ4n) is 3.15. The first-order valence-corrected chi connectivity index (χ1v) is 12.1. The SMILES string of the molecule is CCOc1ccc(Oc2ccc(S(=O)(=O)N(CC)CC)cc2NC(=O)c2ccccn2)cc1. The van der Waals surface area contributed by atoms with E-state index in [1.807, 2.05) is 6.92 Å². The maximum Gasteiger partial charge on any atom is 0.274 e. The molecule has 1 aromatic heterocycles. The van der Waals surface area contributed by atoms with E-state index in [9.17, 15) is 13.2 Å². The molecule has 0 aliphatic heterocycles. The molecule has 0 saturated heterocycles. The van der Waals surface area contributed by atoms with E-state index in [0.717, 1.165) is 0 Å². The lowest BCUT2D eigenvalue weighted by molar-refractivity contribution is 0.102. The molecule has 0 radical (unpaired) electrons. The van der Waals surface area contributed by atoms with Crippen molar-refractivity contribution in [3.05, 3.63) is 72.6 Å². The second kappa shape index (κ2) is 10.9. The standard InChI is InChI=1S/C24H27N3O5S/c1-4-27(5-2)33(29,30)20-14-15-23(32-19-12-10-18(11-13-19)31-6-3)22(17-20)26-24(28)21-9-7-8-16-25-21/h7-17H,4-6H2,1-3H3,(H,26,28). The topological polar surface area (TPSA) is 97.8 Å². The number of amides is 1. The molecule has 0 aliphatic carbocycles. The van der Waals surface area contributed by atoms with Crippen molar-refractivity contribution < 1.29 is 22.7 Å². The summed E-state index contributed by atoms with van der Waals surface area (Å²) < 4.78 is 38.8. The molecule has 3 rings (SSSR count). The lowest BCUT2D eigenvalue weighted by atomic mass is 10.2. The molecule has 0 fully saturated rings. The second-order valence-corrected chi connectivity index (χ2v) is 8.86. The van der Waals surface area contributed by atoms with Crippen LogP contribution in [0.4, 0.5) is 5.69 Å². The zero-order valence-electron chi connectivity index (χ0n) is 18.8. The van der Waals surface area contributed by atoms with Crippen LogP contribution in [0.1, 0.15) is 31.3 Å². The van der Waals surface area contributed by atoms with E-state index < -0.39 is 15.9 Å². The van der Waals surface area contributed by atoms with E-state index in [2.05, 4.69) is 10.3 Å². The maximum absolute atomic E-state index is 13.0. The predicted octanol–water partition coefficient (Wildman–Crippen LogP) is 4.56. The number of pyridine rings is 1. The van der Waals surface area contributed by atoms with Crippen molar-refractivity contribution in [2.24, 2.45) is 0 Å². The highest BCUT2D eigenvalue weighted by Gasteiger charge is 2.24. The van der Waals surface area contributed by atoms with Gasteiger partial charge in [0.2, 0.25) is 10.0 Å². The van der Waals surface area contributed by atoms with E-state index in [1.54, 1.807) is 56.3 Å². The van der Waals surface area contributed by atoms with Gasteiger partial charge in [0, 0.05) is 19.3 Å². The van der Waals surface area contributed by atoms with Crippen LogP contribution in [0.25, 0.3) is 0 Å². The van der Waals surface area contributed by atoms with E-state index in [0.29, 0.717) is 36.9 Å². The number of aromatic nitrogens is 1. The third kappa shape index (κ3) is 5.88. The molecule has 0 unspecified atom stereocenters. The molecule has 174 valence electrons. The van der Waals surface area contributed by atoms with Crippen molar-refractivity contribution in [2.45, 2.75) is 25.7 Å². The van der Waals surface area contributed by atoms with E-state index in [1.165, 1.54) is 28.7 Å². The Balaban J connectivity index is 1.98. The molecule has 1 amide bonds. The summed E-state index contributed by atoms with van der Waals surface area (Å²) in [4.78, 5) is 16.8. The van der Waals surface area contributed by atoms with Crippen molar-refractivity contribution in [1.29, 1.82) is 0 Å². The van der Waals surface area contributed by atoms with E-state index in [-0.39, 0.29) is 16.3 Å². The summed E-state index contributed by atoms with van der Waals surface area (Å²) in [5.74, 6) is 1.02. The fourth-order valence-corrected chi connectivity index (χ4v) is 4.63. The van der Waals surface area contributed by atoms with Gasteiger partial charge in [-0.25, -0.2) is 8.42 Å². The monoisotopic (exact) mass is 469 g/mol. The van der Waals surface area contributed by atoms with Gasteiger partial charge in [-0.2, -0.15) is 4.31 Å². The molecule has 1 heterocycles. The maximum atomic E-state index is 13.0. The van der Waals surface area contributed by atoms with Crippen LogP contribution in [0.3, 0.4) is 0 Å². The summed E-state index contributed by atoms with van der Waals surface area (Å²) in [6.07, 6.45) is 1.51. The summed E-state index contributed by atoms with van der Waals surface area (Å²) in [5, 5.41) is 2.73. The minimum absolute atomic E-state index is 0.0570. The van der Waals surface area contributed by atoms with Crippen LogP contribution in [0.15, 0.2) is 71.8 Å². The first-order valence-electron chi connectivity index (χ1n) is 10.7. The molecule has 0 atom stereocenters. The molecule has 0 bridgehead atoms. The van der Waals surface area contributed by atoms with Crippen molar-refractivity contribution >= 4 is 21.6 Å². The van der Waals surface area contributed by atoms with Crippen molar-refractivity contribution in [2.75, 3.05) is 25.0 Å². The van der Waals surface area contributed by atoms with Gasteiger partial charge in [0.05, 0.1) is 17.2 Å². The average molecular weight is 470 g/mol. The van der Waals surface area contributed by atoms with Gasteiger partial charge in [-0.05, 0) is 61.5 Å². The van der Waals surface area contributed by atoms with Gasteiger partial charge in [-0.15, -0.1) is 0 Å². The predicted molar refractivity (Wildman–Crippen MR) is 126 cm³/mol. The fraction of sp³-hybridized carbons (Fsp3) is 0.250. The van der Waals surface area contributed by atoms with Crippen molar-refractivity contribution in [1.82, 2.24) is 9.29 Å². The number of rotatable bonds is 10. The Morgan fingerprint density at radius 2 is 1.67 bits per heavy atom. The number of hydrogen-bond donors (Lipinski definition) is 1. The first kappa shape index (κ1) is 24.2. The van der Waals surface area contributed by atoms with Crippen molar-refractivity contribution in [3.63, 3.8) is 0 Å². The zero-order chi connectivity index (χ0) is 23.8. The third-order valence-electron chi connectivity index (χ3n) is 4.80. The average Bonchev–Trinajstić information content (AvgIpc) is 2.82. The summed E-state index contributed by atoms with van der Waals surface area (Å²) in [6.45, 7) is 6.65. The second-order valence-electron chi connectivity index (χ2n) is 6.92. The van der Waals surface area contributed by atoms with Gasteiger partial charge in [-0.3, -0.25) is 9.78 Å². The lowest BCUT2D eigenvalue weighted by Gasteiger charge is -2.20. The third-order valence-corrected chi connectivity index (χ3v) is 6.85. The highest BCUT2D eigenvalue weighted by molar-refractivity contribution is 7.89. The summed E-state index contributed by atoms with van der Waals surface area (Å²) >= 11 is 0. The number of sulfonamides is 1. The molecule has 3 aromatic rings. The Morgan fingerprint density at radius 3 is 2.27 bits per heavy atom. The smallest absolute Gasteiger partial charge is 0.274 e. The Kier molecular flexibility index (Phi) is 8.02. The quantitative estimate of drug-likeness (QED) is 0.468. The van der Waals surface area contributed by atoms with Crippen LogP contribution >= 0.6 is 0 Å². The van der Waals surface area contributed by atoms with Crippen LogP contribution in [-0.2, 0) is 10.0 Å². The molecule has 1 N–H and O–H groups in total. The highest BCUT2D eigenvalue weighted by atomic mass is 32.2. The number of nitrogens with zero attached hydrogens (tertiary/aromatic N) is 2. The number of carbonyl (C=O) groups excluding carboxylic acids is 1. The van der Waals surface area contributed by atoms with Gasteiger partial charge >= 0.3 is 0 Å². The number of ether oxygens (including phenoxy) is 2. The first-order chi connectivity index (χ1) is 15.9. The number of benzene rings is 2.